The molecule has 0 unspecified atom stereocenters. The van der Waals surface area contributed by atoms with E-state index in [9.17, 15) is 4.79 Å². The van der Waals surface area contributed by atoms with Crippen molar-refractivity contribution in [3.63, 3.8) is 0 Å². The molecule has 3 rings (SSSR count). The minimum Gasteiger partial charge on any atom is -0.467 e. The summed E-state index contributed by atoms with van der Waals surface area (Å²) in [5.74, 6) is 0.746. The van der Waals surface area contributed by atoms with E-state index in [1.165, 1.54) is 16.7 Å². The SMILES string of the molecule is Cc1ccc([C@@H]([NH2+]CC(=O)NCc2ccco2)c2ccccc2)cc1. The summed E-state index contributed by atoms with van der Waals surface area (Å²) in [6, 6.07) is 22.5. The van der Waals surface area contributed by atoms with Gasteiger partial charge in [-0.25, -0.2) is 0 Å². The van der Waals surface area contributed by atoms with Crippen LogP contribution in [0.2, 0.25) is 0 Å². The zero-order chi connectivity index (χ0) is 17.5. The largest absolute Gasteiger partial charge is 0.467 e. The van der Waals surface area contributed by atoms with Crippen LogP contribution in [-0.2, 0) is 11.3 Å². The van der Waals surface area contributed by atoms with Crippen molar-refractivity contribution in [3.8, 4) is 0 Å². The topological polar surface area (TPSA) is 58.9 Å². The van der Waals surface area contributed by atoms with Crippen molar-refractivity contribution in [2.45, 2.75) is 19.5 Å². The second-order valence-corrected chi connectivity index (χ2v) is 6.09. The zero-order valence-electron chi connectivity index (χ0n) is 14.3. The van der Waals surface area contributed by atoms with E-state index < -0.39 is 0 Å². The third kappa shape index (κ3) is 4.81. The molecule has 25 heavy (non-hydrogen) atoms. The lowest BCUT2D eigenvalue weighted by Crippen LogP contribution is -2.87. The molecule has 4 heteroatoms. The molecule has 0 radical (unpaired) electrons. The molecule has 0 spiro atoms. The lowest BCUT2D eigenvalue weighted by Gasteiger charge is -2.16. The molecule has 3 aromatic rings. The molecule has 0 saturated carbocycles. The number of hydrogen-bond acceptors (Lipinski definition) is 2. The first-order valence-corrected chi connectivity index (χ1v) is 8.46. The monoisotopic (exact) mass is 335 g/mol. The zero-order valence-corrected chi connectivity index (χ0v) is 14.3. The minimum atomic E-state index is -0.00978. The fourth-order valence-corrected chi connectivity index (χ4v) is 2.79. The quantitative estimate of drug-likeness (QED) is 0.697. The third-order valence-electron chi connectivity index (χ3n) is 4.17. The number of benzene rings is 2. The van der Waals surface area contributed by atoms with Crippen LogP contribution < -0.4 is 10.6 Å². The number of carbonyl (C=O) groups is 1. The first-order valence-electron chi connectivity index (χ1n) is 8.46. The maximum Gasteiger partial charge on any atom is 0.275 e. The Balaban J connectivity index is 1.65. The number of furan rings is 1. The van der Waals surface area contributed by atoms with E-state index in [0.717, 1.165) is 5.76 Å². The number of amides is 1. The van der Waals surface area contributed by atoms with E-state index >= 15 is 0 Å². The van der Waals surface area contributed by atoms with Crippen LogP contribution in [-0.4, -0.2) is 12.5 Å². The number of carbonyl (C=O) groups excluding carboxylic acids is 1. The first kappa shape index (κ1) is 17.0. The van der Waals surface area contributed by atoms with Gasteiger partial charge in [-0.2, -0.15) is 0 Å². The summed E-state index contributed by atoms with van der Waals surface area (Å²) < 4.78 is 5.23. The van der Waals surface area contributed by atoms with Crippen LogP contribution in [0.15, 0.2) is 77.4 Å². The molecule has 0 aliphatic rings. The minimum absolute atomic E-state index is 0.00978. The van der Waals surface area contributed by atoms with E-state index in [-0.39, 0.29) is 11.9 Å². The predicted octanol–water partition coefficient (Wildman–Crippen LogP) is 2.56. The molecule has 0 bridgehead atoms. The highest BCUT2D eigenvalue weighted by atomic mass is 16.3. The van der Waals surface area contributed by atoms with Gasteiger partial charge in [0.1, 0.15) is 11.8 Å². The van der Waals surface area contributed by atoms with Crippen LogP contribution in [0.3, 0.4) is 0 Å². The summed E-state index contributed by atoms with van der Waals surface area (Å²) in [5.41, 5.74) is 3.60. The molecular weight excluding hydrogens is 312 g/mol. The number of quaternary nitrogens is 1. The lowest BCUT2D eigenvalue weighted by molar-refractivity contribution is -0.676. The highest BCUT2D eigenvalue weighted by Crippen LogP contribution is 2.18. The maximum absolute atomic E-state index is 12.2. The molecule has 2 aromatic carbocycles. The fourth-order valence-electron chi connectivity index (χ4n) is 2.79. The molecule has 3 N–H and O–H groups in total. The van der Waals surface area contributed by atoms with Crippen molar-refractivity contribution in [1.29, 1.82) is 0 Å². The number of aryl methyl sites for hydroxylation is 1. The Hall–Kier alpha value is -2.85. The molecule has 0 fully saturated rings. The second-order valence-electron chi connectivity index (χ2n) is 6.09. The molecular formula is C21H23N2O2+. The van der Waals surface area contributed by atoms with Crippen LogP contribution in [0.5, 0.6) is 0 Å². The summed E-state index contributed by atoms with van der Waals surface area (Å²) in [6.07, 6.45) is 1.61. The lowest BCUT2D eigenvalue weighted by atomic mass is 9.98. The second kappa shape index (κ2) is 8.31. The smallest absolute Gasteiger partial charge is 0.275 e. The van der Waals surface area contributed by atoms with Gasteiger partial charge in [-0.15, -0.1) is 0 Å². The van der Waals surface area contributed by atoms with Gasteiger partial charge in [-0.1, -0.05) is 60.2 Å². The highest BCUT2D eigenvalue weighted by molar-refractivity contribution is 5.76. The number of nitrogens with two attached hydrogens (primary N) is 1. The summed E-state index contributed by atoms with van der Waals surface area (Å²) >= 11 is 0. The van der Waals surface area contributed by atoms with Gasteiger partial charge in [0.2, 0.25) is 0 Å². The van der Waals surface area contributed by atoms with E-state index in [4.69, 9.17) is 4.42 Å². The molecule has 1 heterocycles. The van der Waals surface area contributed by atoms with Crippen LogP contribution in [0.1, 0.15) is 28.5 Å². The Morgan fingerprint density at radius 2 is 1.72 bits per heavy atom. The van der Waals surface area contributed by atoms with Gasteiger partial charge in [0.05, 0.1) is 12.8 Å². The summed E-state index contributed by atoms with van der Waals surface area (Å²) in [5, 5.41) is 4.96. The Kier molecular flexibility index (Phi) is 5.65. The average molecular weight is 335 g/mol. The van der Waals surface area contributed by atoms with Crippen molar-refractivity contribution in [2.24, 2.45) is 0 Å². The van der Waals surface area contributed by atoms with E-state index in [1.807, 2.05) is 30.3 Å². The van der Waals surface area contributed by atoms with Crippen LogP contribution in [0, 0.1) is 6.92 Å². The van der Waals surface area contributed by atoms with E-state index in [2.05, 4.69) is 54.0 Å². The van der Waals surface area contributed by atoms with Crippen LogP contribution in [0.25, 0.3) is 0 Å². The van der Waals surface area contributed by atoms with E-state index in [1.54, 1.807) is 6.26 Å². The Morgan fingerprint density at radius 1 is 1.00 bits per heavy atom. The average Bonchev–Trinajstić information content (AvgIpc) is 3.16. The predicted molar refractivity (Wildman–Crippen MR) is 96.8 cm³/mol. The summed E-state index contributed by atoms with van der Waals surface area (Å²) in [7, 11) is 0. The summed E-state index contributed by atoms with van der Waals surface area (Å²) in [4.78, 5) is 12.2. The number of rotatable bonds is 7. The van der Waals surface area contributed by atoms with Gasteiger partial charge in [0.25, 0.3) is 5.91 Å². The Labute approximate surface area is 147 Å². The Bertz CT molecular complexity index is 781. The van der Waals surface area contributed by atoms with Crippen LogP contribution in [0.4, 0.5) is 0 Å². The summed E-state index contributed by atoms with van der Waals surface area (Å²) in [6.45, 7) is 2.85. The molecule has 1 atom stereocenters. The van der Waals surface area contributed by atoms with E-state index in [0.29, 0.717) is 13.1 Å². The fraction of sp³-hybridized carbons (Fsp3) is 0.190. The van der Waals surface area contributed by atoms with Crippen molar-refractivity contribution >= 4 is 5.91 Å². The number of nitrogens with one attached hydrogen (secondary N) is 1. The number of hydrogen-bond donors (Lipinski definition) is 2. The van der Waals surface area contributed by atoms with Gasteiger partial charge in [0.15, 0.2) is 6.54 Å². The van der Waals surface area contributed by atoms with Crippen molar-refractivity contribution in [3.05, 3.63) is 95.4 Å². The van der Waals surface area contributed by atoms with Crippen molar-refractivity contribution < 1.29 is 14.5 Å². The van der Waals surface area contributed by atoms with Crippen molar-refractivity contribution in [2.75, 3.05) is 6.54 Å². The Morgan fingerprint density at radius 3 is 2.40 bits per heavy atom. The van der Waals surface area contributed by atoms with Crippen LogP contribution >= 0.6 is 0 Å². The molecule has 1 amide bonds. The van der Waals surface area contributed by atoms with Gasteiger partial charge >= 0.3 is 0 Å². The van der Waals surface area contributed by atoms with Gasteiger partial charge in [0, 0.05) is 11.1 Å². The molecule has 1 aromatic heterocycles. The van der Waals surface area contributed by atoms with Crippen molar-refractivity contribution in [1.82, 2.24) is 5.32 Å². The molecule has 4 nitrogen and oxygen atoms in total. The molecule has 0 saturated heterocycles. The maximum atomic E-state index is 12.2. The highest BCUT2D eigenvalue weighted by Gasteiger charge is 2.18. The first-order chi connectivity index (χ1) is 12.2. The third-order valence-corrected chi connectivity index (χ3v) is 4.17. The molecule has 0 aliphatic heterocycles. The standard InChI is InChI=1S/C21H22N2O2/c1-16-9-11-18(12-10-16)21(17-6-3-2-4-7-17)23-15-20(24)22-14-19-8-5-13-25-19/h2-13,21,23H,14-15H2,1H3,(H,22,24)/p+1/t21-/m0/s1. The molecule has 128 valence electrons. The van der Waals surface area contributed by atoms with Gasteiger partial charge in [-0.05, 0) is 19.1 Å². The normalized spacial score (nSPS) is 11.9. The van der Waals surface area contributed by atoms with Gasteiger partial charge in [-0.3, -0.25) is 4.79 Å². The molecule has 0 aliphatic carbocycles. The van der Waals surface area contributed by atoms with Gasteiger partial charge < -0.3 is 15.1 Å².